The molecule has 2 nitrogen and oxygen atoms in total. The molecule has 0 aromatic heterocycles. The van der Waals surface area contributed by atoms with Crippen molar-refractivity contribution in [3.8, 4) is 5.75 Å². The number of hydrogen-bond donors (Lipinski definition) is 1. The molecule has 1 aromatic carbocycles. The van der Waals surface area contributed by atoms with Crippen LogP contribution in [0.5, 0.6) is 5.75 Å². The van der Waals surface area contributed by atoms with E-state index in [0.717, 1.165) is 41.4 Å². The molecule has 0 saturated carbocycles. The zero-order chi connectivity index (χ0) is 13.2. The van der Waals surface area contributed by atoms with E-state index in [2.05, 4.69) is 11.7 Å². The lowest BCUT2D eigenvalue weighted by Crippen LogP contribution is -2.50. The van der Waals surface area contributed by atoms with Gasteiger partial charge in [0.2, 0.25) is 0 Å². The number of allylic oxidation sites excluding steroid dienone is 4. The third kappa shape index (κ3) is 2.97. The van der Waals surface area contributed by atoms with E-state index >= 15 is 0 Å². The highest BCUT2D eigenvalue weighted by molar-refractivity contribution is 6.32. The fourth-order valence-corrected chi connectivity index (χ4v) is 2.48. The molecule has 3 rings (SSSR count). The van der Waals surface area contributed by atoms with Crippen molar-refractivity contribution in [1.29, 1.82) is 0 Å². The molecule has 19 heavy (non-hydrogen) atoms. The Labute approximate surface area is 123 Å². The van der Waals surface area contributed by atoms with Crippen LogP contribution in [0.3, 0.4) is 0 Å². The lowest BCUT2D eigenvalue weighted by molar-refractivity contribution is 0.142. The highest BCUT2D eigenvalue weighted by atomic mass is 35.5. The fourth-order valence-electron chi connectivity index (χ4n) is 2.11. The lowest BCUT2D eigenvalue weighted by atomic mass is 9.96. The Morgan fingerprint density at radius 3 is 2.74 bits per heavy atom. The summed E-state index contributed by atoms with van der Waals surface area (Å²) in [6, 6.07) is 5.74. The Morgan fingerprint density at radius 1 is 1.21 bits per heavy atom. The summed E-state index contributed by atoms with van der Waals surface area (Å²) in [5.41, 5.74) is 2.13. The molecule has 1 aromatic rings. The van der Waals surface area contributed by atoms with Gasteiger partial charge in [-0.25, -0.2) is 0 Å². The molecule has 0 amide bonds. The van der Waals surface area contributed by atoms with Crippen molar-refractivity contribution < 1.29 is 4.74 Å². The Balaban J connectivity index is 1.93. The van der Waals surface area contributed by atoms with Gasteiger partial charge in [-0.3, -0.25) is 0 Å². The third-order valence-corrected chi connectivity index (χ3v) is 3.73. The number of nitrogens with one attached hydrogen (secondary N) is 1. The van der Waals surface area contributed by atoms with Gasteiger partial charge < -0.3 is 10.1 Å². The zero-order valence-corrected chi connectivity index (χ0v) is 11.8. The summed E-state index contributed by atoms with van der Waals surface area (Å²) >= 11 is 12.1. The highest BCUT2D eigenvalue weighted by Gasteiger charge is 2.21. The smallest absolute Gasteiger partial charge is 0.128 e. The van der Waals surface area contributed by atoms with Crippen molar-refractivity contribution in [2.45, 2.75) is 12.5 Å². The molecule has 1 radical (unpaired) electrons. The number of rotatable bonds is 3. The summed E-state index contributed by atoms with van der Waals surface area (Å²) in [6.45, 7) is 1.77. The van der Waals surface area contributed by atoms with Crippen LogP contribution in [0.1, 0.15) is 12.0 Å². The maximum Gasteiger partial charge on any atom is 0.128 e. The summed E-state index contributed by atoms with van der Waals surface area (Å²) in [4.78, 5) is 0. The van der Waals surface area contributed by atoms with Crippen LogP contribution in [0.2, 0.25) is 5.02 Å². The summed E-state index contributed by atoms with van der Waals surface area (Å²) in [5.74, 6) is 0.827. The molecule has 1 aliphatic carbocycles. The summed E-state index contributed by atoms with van der Waals surface area (Å²) in [5, 5.41) is 4.64. The van der Waals surface area contributed by atoms with Crippen LogP contribution in [0.15, 0.2) is 35.4 Å². The standard InChI is InChI=1S/C15H14Cl2NO/c16-11-3-1-2-10(6-11)14-5-4-12(17)7-15(14)19-13-8-18-9-13/h2-7,13,18H,1,8-9H2. The molecule has 0 spiro atoms. The predicted octanol–water partition coefficient (Wildman–Crippen LogP) is 3.80. The summed E-state index contributed by atoms with van der Waals surface area (Å²) in [6.07, 6.45) is 7.16. The van der Waals surface area contributed by atoms with Crippen molar-refractivity contribution in [3.63, 3.8) is 0 Å². The summed E-state index contributed by atoms with van der Waals surface area (Å²) < 4.78 is 5.98. The van der Waals surface area contributed by atoms with Gasteiger partial charge in [-0.05, 0) is 42.7 Å². The Hall–Kier alpha value is -0.960. The van der Waals surface area contributed by atoms with Gasteiger partial charge in [0.05, 0.1) is 0 Å². The van der Waals surface area contributed by atoms with Gasteiger partial charge in [0, 0.05) is 28.7 Å². The largest absolute Gasteiger partial charge is 0.487 e. The Bertz CT molecular complexity index is 547. The van der Waals surface area contributed by atoms with Crippen LogP contribution < -0.4 is 10.1 Å². The average molecular weight is 295 g/mol. The van der Waals surface area contributed by atoms with E-state index in [1.165, 1.54) is 0 Å². The minimum Gasteiger partial charge on any atom is -0.487 e. The quantitative estimate of drug-likeness (QED) is 0.915. The van der Waals surface area contributed by atoms with E-state index in [1.54, 1.807) is 0 Å². The van der Waals surface area contributed by atoms with Gasteiger partial charge in [0.1, 0.15) is 11.9 Å². The first-order valence-electron chi connectivity index (χ1n) is 6.30. The van der Waals surface area contributed by atoms with Gasteiger partial charge in [0.15, 0.2) is 0 Å². The number of benzene rings is 1. The molecule has 1 saturated heterocycles. The van der Waals surface area contributed by atoms with Gasteiger partial charge in [-0.15, -0.1) is 0 Å². The van der Waals surface area contributed by atoms with E-state index in [0.29, 0.717) is 5.02 Å². The molecule has 99 valence electrons. The first-order valence-corrected chi connectivity index (χ1v) is 7.06. The first-order chi connectivity index (χ1) is 9.22. The monoisotopic (exact) mass is 294 g/mol. The van der Waals surface area contributed by atoms with Gasteiger partial charge in [-0.1, -0.05) is 29.3 Å². The van der Waals surface area contributed by atoms with Crippen LogP contribution in [0.25, 0.3) is 5.57 Å². The second kappa shape index (κ2) is 5.58. The van der Waals surface area contributed by atoms with Crippen molar-refractivity contribution in [3.05, 3.63) is 52.4 Å². The molecule has 1 aliphatic heterocycles. The lowest BCUT2D eigenvalue weighted by Gasteiger charge is -2.29. The van der Waals surface area contributed by atoms with Crippen LogP contribution in [-0.2, 0) is 0 Å². The van der Waals surface area contributed by atoms with Crippen molar-refractivity contribution in [2.24, 2.45) is 0 Å². The molecule has 1 fully saturated rings. The molecule has 0 atom stereocenters. The van der Waals surface area contributed by atoms with Crippen molar-refractivity contribution >= 4 is 28.8 Å². The number of ether oxygens (including phenoxy) is 1. The predicted molar refractivity (Wildman–Crippen MR) is 79.6 cm³/mol. The van der Waals surface area contributed by atoms with Gasteiger partial charge >= 0.3 is 0 Å². The molecule has 1 N–H and O–H groups in total. The molecular weight excluding hydrogens is 281 g/mol. The molecular formula is C15H14Cl2NO. The molecule has 4 heteroatoms. The molecule has 1 heterocycles. The number of hydrogen-bond acceptors (Lipinski definition) is 2. The second-order valence-corrected chi connectivity index (χ2v) is 5.54. The van der Waals surface area contributed by atoms with Gasteiger partial charge in [-0.2, -0.15) is 0 Å². The van der Waals surface area contributed by atoms with Crippen LogP contribution in [0, 0.1) is 6.42 Å². The minimum atomic E-state index is 0.229. The van der Waals surface area contributed by atoms with E-state index in [-0.39, 0.29) is 6.10 Å². The van der Waals surface area contributed by atoms with Crippen LogP contribution >= 0.6 is 23.2 Å². The third-order valence-electron chi connectivity index (χ3n) is 3.24. The van der Waals surface area contributed by atoms with Crippen LogP contribution in [0.4, 0.5) is 0 Å². The Morgan fingerprint density at radius 2 is 2.05 bits per heavy atom. The second-order valence-electron chi connectivity index (χ2n) is 4.67. The average Bonchev–Trinajstić information content (AvgIpc) is 2.34. The SMILES string of the molecule is ClC1=CC[CH]C(c2ccc(Cl)cc2OC2CNC2)=C1. The normalized spacial score (nSPS) is 19.5. The minimum absolute atomic E-state index is 0.229. The highest BCUT2D eigenvalue weighted by Crippen LogP contribution is 2.35. The van der Waals surface area contributed by atoms with E-state index < -0.39 is 0 Å². The molecule has 0 bridgehead atoms. The number of halogens is 2. The zero-order valence-electron chi connectivity index (χ0n) is 10.3. The van der Waals surface area contributed by atoms with Crippen LogP contribution in [-0.4, -0.2) is 19.2 Å². The first kappa shape index (κ1) is 13.0. The van der Waals surface area contributed by atoms with Crippen molar-refractivity contribution in [2.75, 3.05) is 13.1 Å². The van der Waals surface area contributed by atoms with Gasteiger partial charge in [0.25, 0.3) is 0 Å². The van der Waals surface area contributed by atoms with E-state index in [4.69, 9.17) is 27.9 Å². The Kier molecular flexibility index (Phi) is 3.83. The van der Waals surface area contributed by atoms with E-state index in [1.807, 2.05) is 30.4 Å². The fraction of sp³-hybridized carbons (Fsp3) is 0.267. The molecule has 0 unspecified atom stereocenters. The topological polar surface area (TPSA) is 21.3 Å². The maximum atomic E-state index is 6.08. The maximum absolute atomic E-state index is 6.08. The summed E-state index contributed by atoms with van der Waals surface area (Å²) in [7, 11) is 0. The van der Waals surface area contributed by atoms with E-state index in [9.17, 15) is 0 Å². The van der Waals surface area contributed by atoms with Crippen molar-refractivity contribution in [1.82, 2.24) is 5.32 Å². The molecule has 2 aliphatic rings.